The van der Waals surface area contributed by atoms with Crippen LogP contribution in [0.15, 0.2) is 96.6 Å². The van der Waals surface area contributed by atoms with E-state index in [-0.39, 0.29) is 17.3 Å². The smallest absolute Gasteiger partial charge is 0.270 e. The number of nitriles is 1. The molecule has 0 radical (unpaired) electrons. The lowest BCUT2D eigenvalue weighted by molar-refractivity contribution is -0.120. The molecule has 1 aliphatic rings. The minimum Gasteiger partial charge on any atom is -0.493 e. The van der Waals surface area contributed by atoms with Gasteiger partial charge in [-0.3, -0.25) is 19.4 Å². The normalized spacial score (nSPS) is 14.2. The van der Waals surface area contributed by atoms with E-state index in [0.717, 1.165) is 16.7 Å². The van der Waals surface area contributed by atoms with E-state index in [1.807, 2.05) is 62.4 Å². The molecule has 4 aromatic rings. The van der Waals surface area contributed by atoms with Gasteiger partial charge in [-0.05, 0) is 91.3 Å². The van der Waals surface area contributed by atoms with Crippen LogP contribution in [0.25, 0.3) is 6.08 Å². The third-order valence-electron chi connectivity index (χ3n) is 7.03. The number of rotatable bonds is 7. The van der Waals surface area contributed by atoms with Crippen LogP contribution in [0, 0.1) is 25.2 Å². The fraction of sp³-hybridized carbons (Fsp3) is 0.118. The van der Waals surface area contributed by atoms with Gasteiger partial charge in [0.25, 0.3) is 11.8 Å². The fourth-order valence-corrected chi connectivity index (χ4v) is 4.97. The highest BCUT2D eigenvalue weighted by Crippen LogP contribution is 2.33. The lowest BCUT2D eigenvalue weighted by Crippen LogP contribution is -2.57. The second kappa shape index (κ2) is 12.1. The third kappa shape index (κ3) is 5.51. The number of ether oxygens (including phenoxy) is 2. The van der Waals surface area contributed by atoms with E-state index in [0.29, 0.717) is 34.0 Å². The van der Waals surface area contributed by atoms with Crippen LogP contribution in [0.4, 0.5) is 11.4 Å². The lowest BCUT2D eigenvalue weighted by Gasteiger charge is -2.36. The first-order valence-electron chi connectivity index (χ1n) is 13.2. The van der Waals surface area contributed by atoms with Gasteiger partial charge < -0.3 is 9.47 Å². The molecule has 0 saturated carbocycles. The van der Waals surface area contributed by atoms with Gasteiger partial charge in [0.2, 0.25) is 0 Å². The standard InChI is InChI=1S/C34H27N3O4S/c1-22-13-15-28(17-23(22)2)37-33(39)29(32(38)36(34(37)42)27-11-5-4-6-12-27)18-24-14-16-30(31(19-24)40-3)41-21-26-10-8-7-9-25(26)20-35/h4-19H,21H2,1-3H3/b29-18-. The molecule has 0 atom stereocenters. The van der Waals surface area contributed by atoms with E-state index in [4.69, 9.17) is 21.7 Å². The highest BCUT2D eigenvalue weighted by Gasteiger charge is 2.41. The summed E-state index contributed by atoms with van der Waals surface area (Å²) in [6, 6.07) is 29.1. The largest absolute Gasteiger partial charge is 0.493 e. The molecule has 0 aromatic heterocycles. The number of benzene rings is 4. The second-order valence-corrected chi connectivity index (χ2v) is 10.1. The van der Waals surface area contributed by atoms with Crippen molar-refractivity contribution in [2.45, 2.75) is 20.5 Å². The Morgan fingerprint density at radius 2 is 1.50 bits per heavy atom. The molecule has 1 fully saturated rings. The number of anilines is 2. The topological polar surface area (TPSA) is 82.9 Å². The zero-order valence-electron chi connectivity index (χ0n) is 23.3. The molecule has 1 saturated heterocycles. The minimum atomic E-state index is -0.524. The minimum absolute atomic E-state index is 0.0515. The Balaban J connectivity index is 1.53. The molecule has 0 aliphatic carbocycles. The Kier molecular flexibility index (Phi) is 8.14. The van der Waals surface area contributed by atoms with Crippen molar-refractivity contribution in [2.24, 2.45) is 0 Å². The monoisotopic (exact) mass is 573 g/mol. The Bertz CT molecular complexity index is 1780. The Morgan fingerprint density at radius 1 is 0.810 bits per heavy atom. The number of hydrogen-bond donors (Lipinski definition) is 0. The third-order valence-corrected chi connectivity index (χ3v) is 7.40. The van der Waals surface area contributed by atoms with Gasteiger partial charge in [-0.25, -0.2) is 0 Å². The summed E-state index contributed by atoms with van der Waals surface area (Å²) in [5, 5.41) is 9.45. The van der Waals surface area contributed by atoms with Crippen LogP contribution in [0.5, 0.6) is 11.5 Å². The van der Waals surface area contributed by atoms with Crippen LogP contribution in [0.1, 0.15) is 27.8 Å². The average Bonchev–Trinajstić information content (AvgIpc) is 3.01. The molecule has 0 unspecified atom stereocenters. The highest BCUT2D eigenvalue weighted by molar-refractivity contribution is 7.81. The first-order chi connectivity index (χ1) is 20.3. The van der Waals surface area contributed by atoms with Crippen molar-refractivity contribution in [3.05, 3.63) is 124 Å². The fourth-order valence-electron chi connectivity index (χ4n) is 4.60. The van der Waals surface area contributed by atoms with Gasteiger partial charge in [-0.2, -0.15) is 5.26 Å². The summed E-state index contributed by atoms with van der Waals surface area (Å²) in [5.74, 6) is -0.176. The summed E-state index contributed by atoms with van der Waals surface area (Å²) < 4.78 is 11.5. The Morgan fingerprint density at radius 3 is 2.19 bits per heavy atom. The molecular weight excluding hydrogens is 546 g/mol. The summed E-state index contributed by atoms with van der Waals surface area (Å²) in [5.41, 5.74) is 4.99. The number of carbonyl (C=O) groups is 2. The van der Waals surface area contributed by atoms with Gasteiger partial charge in [0.15, 0.2) is 16.6 Å². The SMILES string of the molecule is COc1cc(/C=C2/C(=O)N(c3ccccc3)C(=S)N(c3ccc(C)c(C)c3)C2=O)ccc1OCc1ccccc1C#N. The number of carbonyl (C=O) groups excluding carboxylic acids is 2. The molecule has 7 nitrogen and oxygen atoms in total. The first-order valence-corrected chi connectivity index (χ1v) is 13.6. The number of aryl methyl sites for hydroxylation is 2. The highest BCUT2D eigenvalue weighted by atomic mass is 32.1. The Labute approximate surface area is 249 Å². The summed E-state index contributed by atoms with van der Waals surface area (Å²) in [6.07, 6.45) is 1.54. The van der Waals surface area contributed by atoms with Gasteiger partial charge in [0, 0.05) is 5.56 Å². The number of nitrogens with zero attached hydrogens (tertiary/aromatic N) is 3. The molecule has 0 bridgehead atoms. The number of para-hydroxylation sites is 1. The quantitative estimate of drug-likeness (QED) is 0.142. The second-order valence-electron chi connectivity index (χ2n) is 9.69. The van der Waals surface area contributed by atoms with Crippen molar-refractivity contribution >= 4 is 46.6 Å². The summed E-state index contributed by atoms with van der Waals surface area (Å²) in [6.45, 7) is 4.12. The van der Waals surface area contributed by atoms with Gasteiger partial charge in [0.1, 0.15) is 12.2 Å². The van der Waals surface area contributed by atoms with Crippen molar-refractivity contribution in [1.29, 1.82) is 5.26 Å². The maximum Gasteiger partial charge on any atom is 0.270 e. The molecule has 208 valence electrons. The van der Waals surface area contributed by atoms with Gasteiger partial charge in [0.05, 0.1) is 30.1 Å². The van der Waals surface area contributed by atoms with Crippen LogP contribution in [-0.4, -0.2) is 24.0 Å². The maximum absolute atomic E-state index is 13.9. The van der Waals surface area contributed by atoms with Crippen LogP contribution >= 0.6 is 12.2 Å². The molecule has 1 heterocycles. The summed E-state index contributed by atoms with van der Waals surface area (Å²) in [7, 11) is 1.51. The Hall–Kier alpha value is -5.26. The summed E-state index contributed by atoms with van der Waals surface area (Å²) >= 11 is 5.73. The average molecular weight is 574 g/mol. The molecule has 5 rings (SSSR count). The molecule has 0 N–H and O–H groups in total. The van der Waals surface area contributed by atoms with E-state index in [2.05, 4.69) is 6.07 Å². The van der Waals surface area contributed by atoms with Crippen molar-refractivity contribution in [1.82, 2.24) is 0 Å². The number of hydrogen-bond acceptors (Lipinski definition) is 6. The zero-order chi connectivity index (χ0) is 29.8. The van der Waals surface area contributed by atoms with E-state index < -0.39 is 11.8 Å². The number of thiocarbonyl (C=S) groups is 1. The van der Waals surface area contributed by atoms with Crippen LogP contribution in [0.3, 0.4) is 0 Å². The van der Waals surface area contributed by atoms with Gasteiger partial charge in [-0.15, -0.1) is 0 Å². The van der Waals surface area contributed by atoms with Gasteiger partial charge in [-0.1, -0.05) is 48.5 Å². The van der Waals surface area contributed by atoms with E-state index in [1.54, 1.807) is 42.5 Å². The zero-order valence-corrected chi connectivity index (χ0v) is 24.1. The van der Waals surface area contributed by atoms with E-state index in [9.17, 15) is 14.9 Å². The maximum atomic E-state index is 13.9. The molecule has 8 heteroatoms. The number of methoxy groups -OCH3 is 1. The van der Waals surface area contributed by atoms with Crippen molar-refractivity contribution < 1.29 is 19.1 Å². The predicted molar refractivity (Wildman–Crippen MR) is 166 cm³/mol. The van der Waals surface area contributed by atoms with Crippen LogP contribution < -0.4 is 19.3 Å². The summed E-state index contributed by atoms with van der Waals surface area (Å²) in [4.78, 5) is 30.5. The predicted octanol–water partition coefficient (Wildman–Crippen LogP) is 6.51. The number of amides is 2. The van der Waals surface area contributed by atoms with E-state index >= 15 is 0 Å². The molecule has 2 amide bonds. The molecule has 1 aliphatic heterocycles. The lowest BCUT2D eigenvalue weighted by atomic mass is 10.0. The molecule has 4 aromatic carbocycles. The molecular formula is C34H27N3O4S. The van der Waals surface area contributed by atoms with Crippen LogP contribution in [0.2, 0.25) is 0 Å². The van der Waals surface area contributed by atoms with Gasteiger partial charge >= 0.3 is 0 Å². The van der Waals surface area contributed by atoms with Crippen molar-refractivity contribution in [2.75, 3.05) is 16.9 Å². The first kappa shape index (κ1) is 28.3. The molecule has 42 heavy (non-hydrogen) atoms. The van der Waals surface area contributed by atoms with Crippen molar-refractivity contribution in [3.8, 4) is 17.6 Å². The van der Waals surface area contributed by atoms with Crippen LogP contribution in [-0.2, 0) is 16.2 Å². The van der Waals surface area contributed by atoms with Crippen molar-refractivity contribution in [3.63, 3.8) is 0 Å². The van der Waals surface area contributed by atoms with E-state index in [1.165, 1.54) is 23.0 Å². The molecule has 0 spiro atoms.